The molecule has 0 saturated carbocycles. The predicted octanol–water partition coefficient (Wildman–Crippen LogP) is 3.43. The Kier molecular flexibility index (Phi) is 3.86. The summed E-state index contributed by atoms with van der Waals surface area (Å²) in [5.74, 6) is 1.86. The molecule has 2 N–H and O–H groups in total. The Bertz CT molecular complexity index is 1110. The minimum Gasteiger partial charge on any atom is -0.362 e. The van der Waals surface area contributed by atoms with Crippen LogP contribution in [-0.2, 0) is 0 Å². The third kappa shape index (κ3) is 2.68. The number of hydrogen-bond acceptors (Lipinski definition) is 6. The zero-order chi connectivity index (χ0) is 18.4. The predicted molar refractivity (Wildman–Crippen MR) is 105 cm³/mol. The SMILES string of the molecule is CC(Nc1ncnc2nc[nH]c12)c1cc(Cl)c2cncn2c1N1CCCC1. The summed E-state index contributed by atoms with van der Waals surface area (Å²) in [5.41, 5.74) is 3.47. The largest absolute Gasteiger partial charge is 0.362 e. The Morgan fingerprint density at radius 3 is 2.93 bits per heavy atom. The first-order valence-electron chi connectivity index (χ1n) is 9.02. The number of aromatic nitrogens is 6. The van der Waals surface area contributed by atoms with Gasteiger partial charge in [-0.15, -0.1) is 0 Å². The Morgan fingerprint density at radius 2 is 2.07 bits per heavy atom. The van der Waals surface area contributed by atoms with Gasteiger partial charge in [0.1, 0.15) is 24.0 Å². The molecule has 0 aliphatic carbocycles. The maximum atomic E-state index is 6.56. The number of anilines is 2. The molecule has 1 aliphatic heterocycles. The maximum absolute atomic E-state index is 6.56. The Balaban J connectivity index is 1.61. The minimum absolute atomic E-state index is 0.0219. The number of nitrogens with one attached hydrogen (secondary N) is 2. The Hall–Kier alpha value is -2.87. The second kappa shape index (κ2) is 6.38. The molecule has 0 amide bonds. The molecule has 5 heterocycles. The van der Waals surface area contributed by atoms with E-state index in [1.807, 2.05) is 18.6 Å². The molecule has 0 spiro atoms. The molecule has 5 rings (SSSR count). The fraction of sp³-hybridized carbons (Fsp3) is 0.333. The van der Waals surface area contributed by atoms with Crippen molar-refractivity contribution in [2.75, 3.05) is 23.3 Å². The van der Waals surface area contributed by atoms with Crippen molar-refractivity contribution < 1.29 is 0 Å². The maximum Gasteiger partial charge on any atom is 0.182 e. The molecule has 8 nitrogen and oxygen atoms in total. The highest BCUT2D eigenvalue weighted by Gasteiger charge is 2.24. The van der Waals surface area contributed by atoms with Crippen molar-refractivity contribution >= 4 is 39.9 Å². The van der Waals surface area contributed by atoms with Crippen LogP contribution in [0.15, 0.2) is 31.2 Å². The van der Waals surface area contributed by atoms with E-state index in [0.717, 1.165) is 41.3 Å². The molecule has 4 aromatic rings. The lowest BCUT2D eigenvalue weighted by Crippen LogP contribution is -2.24. The summed E-state index contributed by atoms with van der Waals surface area (Å²) in [4.78, 5) is 22.6. The summed E-state index contributed by atoms with van der Waals surface area (Å²) < 4.78 is 2.09. The summed E-state index contributed by atoms with van der Waals surface area (Å²) in [6, 6.07) is 2.01. The number of aromatic amines is 1. The monoisotopic (exact) mass is 382 g/mol. The topological polar surface area (TPSA) is 87.0 Å². The minimum atomic E-state index is -0.0219. The zero-order valence-corrected chi connectivity index (χ0v) is 15.6. The highest BCUT2D eigenvalue weighted by molar-refractivity contribution is 6.34. The average molecular weight is 383 g/mol. The van der Waals surface area contributed by atoms with Gasteiger partial charge in [0.25, 0.3) is 0 Å². The molecule has 1 fully saturated rings. The van der Waals surface area contributed by atoms with Crippen LogP contribution in [0.5, 0.6) is 0 Å². The van der Waals surface area contributed by atoms with Crippen LogP contribution in [0.25, 0.3) is 16.7 Å². The summed E-state index contributed by atoms with van der Waals surface area (Å²) in [6.45, 7) is 4.18. The molecule has 0 bridgehead atoms. The number of H-pyrrole nitrogens is 1. The lowest BCUT2D eigenvalue weighted by Gasteiger charge is -2.27. The molecule has 27 heavy (non-hydrogen) atoms. The van der Waals surface area contributed by atoms with Crippen LogP contribution in [0.4, 0.5) is 11.6 Å². The summed E-state index contributed by atoms with van der Waals surface area (Å²) in [5, 5.41) is 4.18. The summed E-state index contributed by atoms with van der Waals surface area (Å²) in [7, 11) is 0. The molecule has 0 radical (unpaired) electrons. The molecule has 9 heteroatoms. The van der Waals surface area contributed by atoms with E-state index in [9.17, 15) is 0 Å². The number of halogens is 1. The Morgan fingerprint density at radius 1 is 1.22 bits per heavy atom. The van der Waals surface area contributed by atoms with Gasteiger partial charge < -0.3 is 15.2 Å². The van der Waals surface area contributed by atoms with Gasteiger partial charge in [0.2, 0.25) is 0 Å². The third-order valence-corrected chi connectivity index (χ3v) is 5.40. The van der Waals surface area contributed by atoms with Gasteiger partial charge in [-0.25, -0.2) is 19.9 Å². The van der Waals surface area contributed by atoms with Gasteiger partial charge in [0, 0.05) is 18.7 Å². The van der Waals surface area contributed by atoms with Gasteiger partial charge in [0.05, 0.1) is 29.1 Å². The molecular formula is C18H19ClN8. The van der Waals surface area contributed by atoms with E-state index in [0.29, 0.717) is 10.7 Å². The zero-order valence-electron chi connectivity index (χ0n) is 14.9. The van der Waals surface area contributed by atoms with Gasteiger partial charge >= 0.3 is 0 Å². The normalized spacial score (nSPS) is 15.7. The van der Waals surface area contributed by atoms with Crippen molar-refractivity contribution in [3.05, 3.63) is 41.8 Å². The van der Waals surface area contributed by atoms with E-state index in [1.54, 1.807) is 6.33 Å². The van der Waals surface area contributed by atoms with Gasteiger partial charge in [-0.3, -0.25) is 4.40 Å². The highest BCUT2D eigenvalue weighted by atomic mass is 35.5. The van der Waals surface area contributed by atoms with E-state index in [2.05, 4.69) is 46.5 Å². The second-order valence-electron chi connectivity index (χ2n) is 6.80. The molecule has 1 aliphatic rings. The van der Waals surface area contributed by atoms with Crippen molar-refractivity contribution in [3.63, 3.8) is 0 Å². The fourth-order valence-corrected chi connectivity index (χ4v) is 4.05. The molecular weight excluding hydrogens is 364 g/mol. The van der Waals surface area contributed by atoms with Gasteiger partial charge in [-0.05, 0) is 25.8 Å². The molecule has 0 aromatic carbocycles. The van der Waals surface area contributed by atoms with E-state index >= 15 is 0 Å². The lowest BCUT2D eigenvalue weighted by atomic mass is 10.1. The third-order valence-electron chi connectivity index (χ3n) is 5.10. The average Bonchev–Trinajstić information content (AvgIpc) is 3.42. The van der Waals surface area contributed by atoms with Gasteiger partial charge in [0.15, 0.2) is 11.5 Å². The first-order chi connectivity index (χ1) is 13.2. The second-order valence-corrected chi connectivity index (χ2v) is 7.21. The molecule has 1 unspecified atom stereocenters. The van der Waals surface area contributed by atoms with Crippen molar-refractivity contribution in [1.29, 1.82) is 0 Å². The van der Waals surface area contributed by atoms with Crippen molar-refractivity contribution in [2.45, 2.75) is 25.8 Å². The molecule has 1 atom stereocenters. The lowest BCUT2D eigenvalue weighted by molar-refractivity contribution is 0.827. The van der Waals surface area contributed by atoms with Gasteiger partial charge in [-0.2, -0.15) is 0 Å². The smallest absolute Gasteiger partial charge is 0.182 e. The number of pyridine rings is 1. The molecule has 138 valence electrons. The van der Waals surface area contributed by atoms with Crippen molar-refractivity contribution in [3.8, 4) is 0 Å². The van der Waals surface area contributed by atoms with Crippen LogP contribution in [0.2, 0.25) is 5.02 Å². The van der Waals surface area contributed by atoms with E-state index in [4.69, 9.17) is 11.6 Å². The standard InChI is InChI=1S/C18H19ClN8/c1-11(25-17-15-16(22-8-21-15)23-9-24-17)12-6-13(19)14-7-20-10-27(14)18(12)26-4-2-3-5-26/h6-11H,2-5H2,1H3,(H2,21,22,23,24,25). The number of nitrogens with zero attached hydrogens (tertiary/aromatic N) is 6. The van der Waals surface area contributed by atoms with Crippen molar-refractivity contribution in [1.82, 2.24) is 29.3 Å². The molecule has 4 aromatic heterocycles. The van der Waals surface area contributed by atoms with Crippen LogP contribution >= 0.6 is 11.6 Å². The first kappa shape index (κ1) is 16.3. The van der Waals surface area contributed by atoms with Crippen LogP contribution in [-0.4, -0.2) is 42.4 Å². The number of rotatable bonds is 4. The van der Waals surface area contributed by atoms with Crippen LogP contribution in [0, 0.1) is 0 Å². The fourth-order valence-electron chi connectivity index (χ4n) is 3.79. The van der Waals surface area contributed by atoms with E-state index in [1.165, 1.54) is 19.2 Å². The molecule has 1 saturated heterocycles. The van der Waals surface area contributed by atoms with Gasteiger partial charge in [-0.1, -0.05) is 11.6 Å². The van der Waals surface area contributed by atoms with E-state index < -0.39 is 0 Å². The summed E-state index contributed by atoms with van der Waals surface area (Å²) in [6.07, 6.45) is 9.18. The number of hydrogen-bond donors (Lipinski definition) is 2. The number of imidazole rings is 2. The van der Waals surface area contributed by atoms with E-state index in [-0.39, 0.29) is 6.04 Å². The van der Waals surface area contributed by atoms with Crippen molar-refractivity contribution in [2.24, 2.45) is 0 Å². The first-order valence-corrected chi connectivity index (χ1v) is 9.40. The Labute approximate surface area is 160 Å². The summed E-state index contributed by atoms with van der Waals surface area (Å²) >= 11 is 6.56. The van der Waals surface area contributed by atoms with Crippen LogP contribution < -0.4 is 10.2 Å². The number of fused-ring (bicyclic) bond motifs is 2. The van der Waals surface area contributed by atoms with Crippen LogP contribution in [0.1, 0.15) is 31.4 Å². The highest BCUT2D eigenvalue weighted by Crippen LogP contribution is 2.35. The quantitative estimate of drug-likeness (QED) is 0.562. The van der Waals surface area contributed by atoms with Crippen LogP contribution in [0.3, 0.4) is 0 Å².